The Labute approximate surface area is 150 Å². The number of fused-ring (bicyclic) bond motifs is 3. The lowest BCUT2D eigenvalue weighted by molar-refractivity contribution is 0.210. The van der Waals surface area contributed by atoms with Crippen LogP contribution in [0.4, 0.5) is 11.8 Å². The fourth-order valence-corrected chi connectivity index (χ4v) is 4.02. The summed E-state index contributed by atoms with van der Waals surface area (Å²) in [4.78, 5) is 11.3. The maximum atomic E-state index is 6.23. The fraction of sp³-hybridized carbons (Fsp3) is 0.684. The summed E-state index contributed by atoms with van der Waals surface area (Å²) in [5.41, 5.74) is 13.9. The highest BCUT2D eigenvalue weighted by molar-refractivity contribution is 5.89. The summed E-state index contributed by atoms with van der Waals surface area (Å²) in [7, 11) is 1.50. The fourth-order valence-electron chi connectivity index (χ4n) is 4.02. The Hall–Kier alpha value is -1.82. The van der Waals surface area contributed by atoms with E-state index in [1.807, 2.05) is 0 Å². The lowest BCUT2D eigenvalue weighted by Gasteiger charge is -2.33. The van der Waals surface area contributed by atoms with Crippen LogP contribution in [-0.4, -0.2) is 30.1 Å². The van der Waals surface area contributed by atoms with Gasteiger partial charge in [0.2, 0.25) is 5.95 Å². The van der Waals surface area contributed by atoms with Gasteiger partial charge in [-0.1, -0.05) is 20.8 Å². The molecule has 138 valence electrons. The largest absolute Gasteiger partial charge is 0.455 e. The molecule has 0 amide bonds. The number of hydrogen-bond acceptors (Lipinski definition) is 6. The van der Waals surface area contributed by atoms with Gasteiger partial charge in [0.15, 0.2) is 11.4 Å². The molecule has 2 aliphatic rings. The van der Waals surface area contributed by atoms with E-state index in [2.05, 4.69) is 41.4 Å². The molecule has 1 unspecified atom stereocenters. The number of aromatic nitrogens is 2. The highest BCUT2D eigenvalue weighted by Crippen LogP contribution is 2.42. The minimum atomic E-state index is 0.303. The quantitative estimate of drug-likeness (QED) is 0.824. The molecule has 2 aromatic rings. The first-order valence-electron chi connectivity index (χ1n) is 9.34. The summed E-state index contributed by atoms with van der Waals surface area (Å²) in [6.45, 7) is 9.03. The molecule has 6 heteroatoms. The lowest BCUT2D eigenvalue weighted by Crippen LogP contribution is -2.26. The second kappa shape index (κ2) is 6.83. The van der Waals surface area contributed by atoms with Gasteiger partial charge in [-0.15, -0.1) is 0 Å². The minimum Gasteiger partial charge on any atom is -0.455 e. The molecule has 0 aromatic carbocycles. The molecule has 0 saturated carbocycles. The van der Waals surface area contributed by atoms with E-state index in [4.69, 9.17) is 10.2 Å². The van der Waals surface area contributed by atoms with Crippen LogP contribution >= 0.6 is 0 Å². The van der Waals surface area contributed by atoms with Crippen LogP contribution in [0.1, 0.15) is 51.4 Å². The van der Waals surface area contributed by atoms with Crippen molar-refractivity contribution in [2.75, 3.05) is 30.8 Å². The lowest BCUT2D eigenvalue weighted by atomic mass is 9.72. The summed E-state index contributed by atoms with van der Waals surface area (Å²) >= 11 is 0. The van der Waals surface area contributed by atoms with Gasteiger partial charge in [0.25, 0.3) is 0 Å². The van der Waals surface area contributed by atoms with Gasteiger partial charge in [0.1, 0.15) is 11.3 Å². The third-order valence-corrected chi connectivity index (χ3v) is 5.51. The van der Waals surface area contributed by atoms with Crippen LogP contribution in [0.2, 0.25) is 0 Å². The number of nitrogens with zero attached hydrogens (tertiary/aromatic N) is 3. The molecule has 1 saturated heterocycles. The van der Waals surface area contributed by atoms with Crippen molar-refractivity contribution in [3.63, 3.8) is 0 Å². The van der Waals surface area contributed by atoms with E-state index in [1.54, 1.807) is 0 Å². The molecule has 1 aliphatic carbocycles. The van der Waals surface area contributed by atoms with E-state index in [-0.39, 0.29) is 0 Å². The number of furan rings is 1. The van der Waals surface area contributed by atoms with Crippen LogP contribution in [0, 0.1) is 11.3 Å². The van der Waals surface area contributed by atoms with Crippen LogP contribution in [0.5, 0.6) is 0 Å². The Kier molecular flexibility index (Phi) is 4.91. The number of nitrogens with two attached hydrogens (primary N) is 2. The molecule has 0 radical (unpaired) electrons. The zero-order valence-corrected chi connectivity index (χ0v) is 15.9. The van der Waals surface area contributed by atoms with Crippen molar-refractivity contribution >= 4 is 22.9 Å². The number of hydrogen-bond donors (Lipinski definition) is 2. The molecular weight excluding hydrogens is 314 g/mol. The van der Waals surface area contributed by atoms with Gasteiger partial charge in [-0.05, 0) is 44.1 Å². The molecule has 0 spiro atoms. The van der Waals surface area contributed by atoms with Gasteiger partial charge in [-0.2, -0.15) is 4.98 Å². The predicted molar refractivity (Wildman–Crippen MR) is 103 cm³/mol. The van der Waals surface area contributed by atoms with Gasteiger partial charge < -0.3 is 20.8 Å². The number of anilines is 2. The monoisotopic (exact) mass is 345 g/mol. The van der Waals surface area contributed by atoms with Crippen LogP contribution in [0.15, 0.2) is 4.42 Å². The van der Waals surface area contributed by atoms with Crippen molar-refractivity contribution in [3.05, 3.63) is 11.3 Å². The smallest absolute Gasteiger partial charge is 0.222 e. The Morgan fingerprint density at radius 1 is 1.12 bits per heavy atom. The maximum absolute atomic E-state index is 6.23. The number of nitrogen functional groups attached to an aromatic ring is 1. The van der Waals surface area contributed by atoms with Crippen LogP contribution in [-0.2, 0) is 12.8 Å². The summed E-state index contributed by atoms with van der Waals surface area (Å²) in [6, 6.07) is 0. The van der Waals surface area contributed by atoms with E-state index in [0.717, 1.165) is 48.6 Å². The van der Waals surface area contributed by atoms with Crippen LogP contribution < -0.4 is 16.4 Å². The Bertz CT molecular complexity index is 740. The van der Waals surface area contributed by atoms with Crippen molar-refractivity contribution in [3.8, 4) is 0 Å². The number of aryl methyl sites for hydroxylation is 1. The maximum Gasteiger partial charge on any atom is 0.222 e. The van der Waals surface area contributed by atoms with E-state index in [1.165, 1.54) is 31.9 Å². The van der Waals surface area contributed by atoms with Crippen molar-refractivity contribution in [2.24, 2.45) is 17.1 Å². The standard InChI is InChI=1S/C18H26N4O.CH5N/c1-18(2,3)11-6-7-13-12(10-11)14-15(23-13)16(21-17(19)20-14)22-8-4-5-9-22;1-2/h11H,4-10H2,1-3H3,(H2,19,20,21);2H2,1H3. The van der Waals surface area contributed by atoms with E-state index >= 15 is 0 Å². The van der Waals surface area contributed by atoms with Crippen molar-refractivity contribution in [1.29, 1.82) is 0 Å². The summed E-state index contributed by atoms with van der Waals surface area (Å²) in [5, 5.41) is 0. The highest BCUT2D eigenvalue weighted by atomic mass is 16.3. The Balaban J connectivity index is 0.000000880. The average molecular weight is 345 g/mol. The predicted octanol–water partition coefficient (Wildman–Crippen LogP) is 3.13. The molecule has 25 heavy (non-hydrogen) atoms. The van der Waals surface area contributed by atoms with Crippen molar-refractivity contribution in [1.82, 2.24) is 9.97 Å². The van der Waals surface area contributed by atoms with Crippen LogP contribution in [0.3, 0.4) is 0 Å². The van der Waals surface area contributed by atoms with Gasteiger partial charge in [-0.3, -0.25) is 0 Å². The summed E-state index contributed by atoms with van der Waals surface area (Å²) in [5.74, 6) is 3.01. The molecule has 1 fully saturated rings. The first kappa shape index (κ1) is 18.0. The molecule has 3 heterocycles. The van der Waals surface area contributed by atoms with Gasteiger partial charge in [0.05, 0.1) is 0 Å². The minimum absolute atomic E-state index is 0.303. The second-order valence-corrected chi connectivity index (χ2v) is 8.09. The first-order chi connectivity index (χ1) is 11.9. The molecule has 0 bridgehead atoms. The molecule has 1 aliphatic heterocycles. The van der Waals surface area contributed by atoms with Crippen molar-refractivity contribution in [2.45, 2.75) is 52.9 Å². The molecular formula is C19H31N5O. The SMILES string of the molecule is CC(C)(C)C1CCc2oc3c(N4CCCC4)nc(N)nc3c2C1.CN. The number of rotatable bonds is 1. The molecule has 1 atom stereocenters. The van der Waals surface area contributed by atoms with E-state index in [0.29, 0.717) is 17.3 Å². The van der Waals surface area contributed by atoms with E-state index < -0.39 is 0 Å². The molecule has 4 rings (SSSR count). The topological polar surface area (TPSA) is 94.2 Å². The zero-order valence-electron chi connectivity index (χ0n) is 15.9. The first-order valence-corrected chi connectivity index (χ1v) is 9.34. The normalized spacial score (nSPS) is 20.4. The molecule has 6 nitrogen and oxygen atoms in total. The van der Waals surface area contributed by atoms with Gasteiger partial charge >= 0.3 is 0 Å². The highest BCUT2D eigenvalue weighted by Gasteiger charge is 2.33. The zero-order chi connectivity index (χ0) is 18.2. The Morgan fingerprint density at radius 2 is 1.80 bits per heavy atom. The Morgan fingerprint density at radius 3 is 2.44 bits per heavy atom. The molecule has 2 aromatic heterocycles. The van der Waals surface area contributed by atoms with Crippen molar-refractivity contribution < 1.29 is 4.42 Å². The third kappa shape index (κ3) is 3.32. The summed E-state index contributed by atoms with van der Waals surface area (Å²) in [6.07, 6.45) is 5.61. The molecule has 4 N–H and O–H groups in total. The van der Waals surface area contributed by atoms with Gasteiger partial charge in [-0.25, -0.2) is 4.98 Å². The average Bonchev–Trinajstić information content (AvgIpc) is 3.22. The van der Waals surface area contributed by atoms with E-state index in [9.17, 15) is 0 Å². The summed E-state index contributed by atoms with van der Waals surface area (Å²) < 4.78 is 6.23. The second-order valence-electron chi connectivity index (χ2n) is 8.09. The third-order valence-electron chi connectivity index (χ3n) is 5.51. The van der Waals surface area contributed by atoms with Gasteiger partial charge in [0, 0.05) is 25.1 Å². The van der Waals surface area contributed by atoms with Crippen LogP contribution in [0.25, 0.3) is 11.1 Å².